The van der Waals surface area contributed by atoms with Crippen LogP contribution < -0.4 is 5.32 Å². The Kier molecular flexibility index (Phi) is 5.60. The lowest BCUT2D eigenvalue weighted by Gasteiger charge is -2.33. The fourth-order valence-corrected chi connectivity index (χ4v) is 3.37. The summed E-state index contributed by atoms with van der Waals surface area (Å²) < 4.78 is 10.8. The summed E-state index contributed by atoms with van der Waals surface area (Å²) in [4.78, 5) is 23.3. The molecule has 0 spiro atoms. The predicted molar refractivity (Wildman–Crippen MR) is 92.2 cm³/mol. The van der Waals surface area contributed by atoms with E-state index in [1.807, 2.05) is 12.3 Å². The number of amidine groups is 1. The smallest absolute Gasteiger partial charge is 0.337 e. The minimum atomic E-state index is -0.303. The summed E-state index contributed by atoms with van der Waals surface area (Å²) >= 11 is 1.52. The normalized spacial score (nSPS) is 22.1. The molecule has 2 aliphatic heterocycles. The van der Waals surface area contributed by atoms with Gasteiger partial charge in [-0.15, -0.1) is 11.3 Å². The molecular weight excluding hydrogens is 328 g/mol. The standard InChI is InChI=1S/C16H22N4O3S/c1-3-22-16(21)12-8-18-14(15-17-4-7-24-15)19-13(12)10-20-5-6-23-11(2)9-20/h4,7,11H,3,5-6,8-10H2,1-2H3,(H,18,19)/t11-/m0/s1. The Balaban J connectivity index is 1.78. The molecule has 0 saturated carbocycles. The highest BCUT2D eigenvalue weighted by Gasteiger charge is 2.26. The highest BCUT2D eigenvalue weighted by Crippen LogP contribution is 2.17. The molecule has 3 rings (SSSR count). The van der Waals surface area contributed by atoms with E-state index >= 15 is 0 Å². The summed E-state index contributed by atoms with van der Waals surface area (Å²) in [5, 5.41) is 6.04. The number of hydrogen-bond acceptors (Lipinski definition) is 8. The van der Waals surface area contributed by atoms with E-state index in [2.05, 4.69) is 27.1 Å². The van der Waals surface area contributed by atoms with Crippen molar-refractivity contribution in [1.29, 1.82) is 0 Å². The first-order valence-electron chi connectivity index (χ1n) is 8.11. The van der Waals surface area contributed by atoms with Gasteiger partial charge in [0.1, 0.15) is 0 Å². The summed E-state index contributed by atoms with van der Waals surface area (Å²) in [7, 11) is 0. The first-order chi connectivity index (χ1) is 11.7. The molecule has 2 aliphatic rings. The third kappa shape index (κ3) is 4.00. The van der Waals surface area contributed by atoms with Gasteiger partial charge in [0.15, 0.2) is 10.8 Å². The van der Waals surface area contributed by atoms with Crippen molar-refractivity contribution in [1.82, 2.24) is 15.2 Å². The molecule has 1 fully saturated rings. The fraction of sp³-hybridized carbons (Fsp3) is 0.562. The molecule has 7 nitrogen and oxygen atoms in total. The van der Waals surface area contributed by atoms with Crippen LogP contribution >= 0.6 is 11.3 Å². The number of aromatic nitrogens is 1. The van der Waals surface area contributed by atoms with Gasteiger partial charge in [-0.2, -0.15) is 0 Å². The Hall–Kier alpha value is -1.77. The van der Waals surface area contributed by atoms with Crippen molar-refractivity contribution in [2.24, 2.45) is 4.99 Å². The van der Waals surface area contributed by atoms with Crippen LogP contribution in [0.3, 0.4) is 0 Å². The predicted octanol–water partition coefficient (Wildman–Crippen LogP) is 1.03. The summed E-state index contributed by atoms with van der Waals surface area (Å²) in [5.41, 5.74) is 1.44. The van der Waals surface area contributed by atoms with Crippen molar-refractivity contribution in [2.45, 2.75) is 20.0 Å². The number of carbonyl (C=O) groups is 1. The minimum Gasteiger partial charge on any atom is -0.463 e. The van der Waals surface area contributed by atoms with Gasteiger partial charge < -0.3 is 14.8 Å². The number of morpholine rings is 1. The van der Waals surface area contributed by atoms with E-state index < -0.39 is 0 Å². The zero-order chi connectivity index (χ0) is 16.9. The second kappa shape index (κ2) is 7.87. The molecule has 0 amide bonds. The lowest BCUT2D eigenvalue weighted by atomic mass is 10.1. The van der Waals surface area contributed by atoms with Crippen molar-refractivity contribution in [3.63, 3.8) is 0 Å². The zero-order valence-corrected chi connectivity index (χ0v) is 14.8. The molecule has 1 aromatic heterocycles. The largest absolute Gasteiger partial charge is 0.463 e. The van der Waals surface area contributed by atoms with Gasteiger partial charge >= 0.3 is 5.97 Å². The van der Waals surface area contributed by atoms with Gasteiger partial charge in [-0.1, -0.05) is 0 Å². The molecule has 0 unspecified atom stereocenters. The van der Waals surface area contributed by atoms with Crippen LogP contribution in [0.4, 0.5) is 0 Å². The van der Waals surface area contributed by atoms with Gasteiger partial charge in [-0.25, -0.2) is 9.78 Å². The lowest BCUT2D eigenvalue weighted by molar-refractivity contribution is -0.138. The van der Waals surface area contributed by atoms with Crippen LogP contribution in [0.5, 0.6) is 0 Å². The maximum Gasteiger partial charge on any atom is 0.337 e. The molecule has 24 heavy (non-hydrogen) atoms. The van der Waals surface area contributed by atoms with Gasteiger partial charge in [0, 0.05) is 36.9 Å². The minimum absolute atomic E-state index is 0.195. The number of esters is 1. The molecule has 0 radical (unpaired) electrons. The van der Waals surface area contributed by atoms with E-state index in [-0.39, 0.29) is 12.1 Å². The van der Waals surface area contributed by atoms with Crippen molar-refractivity contribution < 1.29 is 14.3 Å². The fourth-order valence-electron chi connectivity index (χ4n) is 2.77. The molecule has 0 bridgehead atoms. The number of nitrogens with zero attached hydrogens (tertiary/aromatic N) is 3. The van der Waals surface area contributed by atoms with Crippen molar-refractivity contribution >= 4 is 23.1 Å². The van der Waals surface area contributed by atoms with Crippen molar-refractivity contribution in [3.8, 4) is 0 Å². The Morgan fingerprint density at radius 2 is 2.46 bits per heavy atom. The molecule has 1 saturated heterocycles. The second-order valence-corrected chi connectivity index (χ2v) is 6.62. The van der Waals surface area contributed by atoms with Gasteiger partial charge in [-0.05, 0) is 13.8 Å². The number of nitrogens with one attached hydrogen (secondary N) is 1. The third-order valence-electron chi connectivity index (χ3n) is 3.89. The van der Waals surface area contributed by atoms with Crippen LogP contribution in [0.25, 0.3) is 0 Å². The quantitative estimate of drug-likeness (QED) is 0.800. The topological polar surface area (TPSA) is 76.0 Å². The molecule has 1 N–H and O–H groups in total. The average molecular weight is 350 g/mol. The average Bonchev–Trinajstić information content (AvgIpc) is 3.09. The van der Waals surface area contributed by atoms with Crippen LogP contribution in [0, 0.1) is 0 Å². The van der Waals surface area contributed by atoms with E-state index in [0.717, 1.165) is 23.8 Å². The van der Waals surface area contributed by atoms with Gasteiger partial charge in [0.05, 0.1) is 31.4 Å². The van der Waals surface area contributed by atoms with Gasteiger partial charge in [0.2, 0.25) is 0 Å². The van der Waals surface area contributed by atoms with E-state index in [9.17, 15) is 4.79 Å². The number of ether oxygens (including phenoxy) is 2. The highest BCUT2D eigenvalue weighted by molar-refractivity contribution is 7.11. The lowest BCUT2D eigenvalue weighted by Crippen LogP contribution is -2.45. The Labute approximate surface area is 145 Å². The first kappa shape index (κ1) is 17.1. The van der Waals surface area contributed by atoms with Crippen molar-refractivity contribution in [2.75, 3.05) is 39.4 Å². The molecule has 1 atom stereocenters. The maximum absolute atomic E-state index is 12.3. The third-order valence-corrected chi connectivity index (χ3v) is 4.67. The summed E-state index contributed by atoms with van der Waals surface area (Å²) in [6.45, 7) is 7.57. The van der Waals surface area contributed by atoms with E-state index in [1.54, 1.807) is 6.20 Å². The van der Waals surface area contributed by atoms with Crippen LogP contribution in [0.2, 0.25) is 0 Å². The summed E-state index contributed by atoms with van der Waals surface area (Å²) in [6.07, 6.45) is 1.94. The Morgan fingerprint density at radius 3 is 3.17 bits per heavy atom. The highest BCUT2D eigenvalue weighted by atomic mass is 32.1. The van der Waals surface area contributed by atoms with Crippen LogP contribution in [0.1, 0.15) is 18.9 Å². The monoisotopic (exact) mass is 350 g/mol. The summed E-state index contributed by atoms with van der Waals surface area (Å²) in [6, 6.07) is 0. The van der Waals surface area contributed by atoms with Gasteiger partial charge in [0.25, 0.3) is 0 Å². The number of thiazole rings is 1. The number of hydrogen-bond donors (Lipinski definition) is 1. The first-order valence-corrected chi connectivity index (χ1v) is 8.99. The number of aliphatic imine (C=N–C) groups is 1. The SMILES string of the molecule is CCOC(=O)C1=C(CN2CCO[C@@H](C)C2)NC(c2nccs2)=NC1. The molecule has 3 heterocycles. The van der Waals surface area contributed by atoms with E-state index in [0.29, 0.717) is 37.7 Å². The molecule has 130 valence electrons. The van der Waals surface area contributed by atoms with Crippen molar-refractivity contribution in [3.05, 3.63) is 27.9 Å². The molecule has 8 heteroatoms. The molecule has 0 aliphatic carbocycles. The Bertz CT molecular complexity index is 642. The second-order valence-electron chi connectivity index (χ2n) is 5.72. The number of rotatable bonds is 5. The molecular formula is C16H22N4O3S. The maximum atomic E-state index is 12.3. The molecule has 0 aromatic carbocycles. The van der Waals surface area contributed by atoms with Crippen LogP contribution in [-0.4, -0.2) is 67.2 Å². The van der Waals surface area contributed by atoms with Gasteiger partial charge in [-0.3, -0.25) is 9.89 Å². The number of carbonyl (C=O) groups excluding carboxylic acids is 1. The van der Waals surface area contributed by atoms with Crippen LogP contribution in [0.15, 0.2) is 27.8 Å². The van der Waals surface area contributed by atoms with E-state index in [4.69, 9.17) is 9.47 Å². The zero-order valence-electron chi connectivity index (χ0n) is 13.9. The van der Waals surface area contributed by atoms with Crippen LogP contribution in [-0.2, 0) is 14.3 Å². The summed E-state index contributed by atoms with van der Waals surface area (Å²) in [5.74, 6) is 0.414. The van der Waals surface area contributed by atoms with E-state index in [1.165, 1.54) is 11.3 Å². The Morgan fingerprint density at radius 1 is 1.58 bits per heavy atom. The molecule has 1 aromatic rings.